The average molecular weight is 391 g/mol. The summed E-state index contributed by atoms with van der Waals surface area (Å²) in [5, 5.41) is 5.35. The molecule has 0 aliphatic heterocycles. The fraction of sp³-hybridized carbons (Fsp3) is 0.174. The van der Waals surface area contributed by atoms with Gasteiger partial charge < -0.3 is 15.2 Å². The van der Waals surface area contributed by atoms with Gasteiger partial charge in [-0.1, -0.05) is 12.1 Å². The van der Waals surface area contributed by atoms with E-state index in [1.54, 1.807) is 30.1 Å². The van der Waals surface area contributed by atoms with E-state index in [9.17, 15) is 4.39 Å². The van der Waals surface area contributed by atoms with Gasteiger partial charge in [-0.05, 0) is 67.1 Å². The van der Waals surface area contributed by atoms with Crippen molar-refractivity contribution in [2.75, 3.05) is 7.11 Å². The molecule has 1 heterocycles. The van der Waals surface area contributed by atoms with E-state index < -0.39 is 0 Å². The summed E-state index contributed by atoms with van der Waals surface area (Å²) in [6, 6.07) is 19.5. The Kier molecular flexibility index (Phi) is 5.18. The van der Waals surface area contributed by atoms with Gasteiger partial charge in [-0.25, -0.2) is 9.07 Å². The van der Waals surface area contributed by atoms with E-state index in [1.807, 2.05) is 49.4 Å². The molecule has 0 aliphatic rings. The highest BCUT2D eigenvalue weighted by molar-refractivity contribution is 5.81. The maximum absolute atomic E-state index is 13.2. The lowest BCUT2D eigenvalue weighted by atomic mass is 10.0. The Bertz CT molecular complexity index is 1120. The number of aromatic nitrogens is 2. The first-order chi connectivity index (χ1) is 14.0. The van der Waals surface area contributed by atoms with Crippen LogP contribution in [0.1, 0.15) is 18.6 Å². The van der Waals surface area contributed by atoms with Crippen molar-refractivity contribution in [3.05, 3.63) is 84.3 Å². The van der Waals surface area contributed by atoms with Gasteiger partial charge in [0.05, 0.1) is 24.5 Å². The maximum Gasteiger partial charge on any atom is 0.139 e. The molecular formula is C23H22FN3O2. The number of benzene rings is 3. The van der Waals surface area contributed by atoms with Gasteiger partial charge >= 0.3 is 0 Å². The van der Waals surface area contributed by atoms with E-state index in [-0.39, 0.29) is 18.0 Å². The summed E-state index contributed by atoms with van der Waals surface area (Å²) < 4.78 is 26.5. The molecule has 0 amide bonds. The fourth-order valence-corrected chi connectivity index (χ4v) is 3.32. The van der Waals surface area contributed by atoms with Crippen molar-refractivity contribution in [3.8, 4) is 17.2 Å². The summed E-state index contributed by atoms with van der Waals surface area (Å²) in [6.45, 7) is 1.91. The summed E-state index contributed by atoms with van der Waals surface area (Å²) >= 11 is 0. The van der Waals surface area contributed by atoms with E-state index in [4.69, 9.17) is 15.2 Å². The van der Waals surface area contributed by atoms with Crippen LogP contribution in [-0.4, -0.2) is 22.9 Å². The van der Waals surface area contributed by atoms with E-state index >= 15 is 0 Å². The zero-order valence-corrected chi connectivity index (χ0v) is 16.2. The minimum absolute atomic E-state index is 0.222. The van der Waals surface area contributed by atoms with Crippen molar-refractivity contribution >= 4 is 10.9 Å². The number of hydrogen-bond donors (Lipinski definition) is 1. The standard InChI is InChI=1S/C23H22FN3O2/c1-15(25)23(16-4-3-5-20(12-16)28-2)29-21-10-11-22-17(13-21)14-26-27(22)19-8-6-18(24)7-9-19/h3-15,23H,25H2,1-2H3/t15-,23?/m0/s1. The molecule has 0 fully saturated rings. The molecule has 0 saturated carbocycles. The van der Waals surface area contributed by atoms with E-state index in [2.05, 4.69) is 5.10 Å². The number of halogens is 1. The molecule has 1 aromatic heterocycles. The minimum atomic E-state index is -0.324. The normalized spacial score (nSPS) is 13.2. The highest BCUT2D eigenvalue weighted by Crippen LogP contribution is 2.29. The first-order valence-corrected chi connectivity index (χ1v) is 9.35. The van der Waals surface area contributed by atoms with Gasteiger partial charge in [0.25, 0.3) is 0 Å². The molecule has 148 valence electrons. The SMILES string of the molecule is COc1cccc(C(Oc2ccc3c(cnn3-c3ccc(F)cc3)c2)[C@H](C)N)c1. The molecule has 5 nitrogen and oxygen atoms in total. The third kappa shape index (κ3) is 3.93. The molecular weight excluding hydrogens is 369 g/mol. The van der Waals surface area contributed by atoms with Crippen LogP contribution < -0.4 is 15.2 Å². The maximum atomic E-state index is 13.2. The molecule has 4 rings (SSSR count). The second-order valence-corrected chi connectivity index (χ2v) is 6.93. The van der Waals surface area contributed by atoms with Gasteiger partial charge in [0, 0.05) is 11.4 Å². The van der Waals surface area contributed by atoms with Crippen molar-refractivity contribution in [1.82, 2.24) is 9.78 Å². The molecule has 29 heavy (non-hydrogen) atoms. The van der Waals surface area contributed by atoms with Crippen LogP contribution in [0.2, 0.25) is 0 Å². The molecule has 2 N–H and O–H groups in total. The summed E-state index contributed by atoms with van der Waals surface area (Å²) in [4.78, 5) is 0. The Morgan fingerprint density at radius 2 is 1.79 bits per heavy atom. The first kappa shape index (κ1) is 19.0. The third-order valence-corrected chi connectivity index (χ3v) is 4.77. The van der Waals surface area contributed by atoms with Crippen LogP contribution in [0, 0.1) is 5.82 Å². The highest BCUT2D eigenvalue weighted by atomic mass is 19.1. The Morgan fingerprint density at radius 3 is 2.52 bits per heavy atom. The Labute approximate surface area is 168 Å². The lowest BCUT2D eigenvalue weighted by Crippen LogP contribution is -2.29. The van der Waals surface area contributed by atoms with Crippen molar-refractivity contribution in [2.24, 2.45) is 5.73 Å². The van der Waals surface area contributed by atoms with Crippen LogP contribution in [0.3, 0.4) is 0 Å². The highest BCUT2D eigenvalue weighted by Gasteiger charge is 2.19. The van der Waals surface area contributed by atoms with Crippen LogP contribution in [0.5, 0.6) is 11.5 Å². The number of nitrogens with two attached hydrogens (primary N) is 1. The average Bonchev–Trinajstić information content (AvgIpc) is 3.15. The lowest BCUT2D eigenvalue weighted by Gasteiger charge is -2.23. The van der Waals surface area contributed by atoms with Crippen molar-refractivity contribution < 1.29 is 13.9 Å². The van der Waals surface area contributed by atoms with Gasteiger partial charge in [0.15, 0.2) is 0 Å². The topological polar surface area (TPSA) is 62.3 Å². The second-order valence-electron chi connectivity index (χ2n) is 6.93. The summed E-state index contributed by atoms with van der Waals surface area (Å²) in [5.41, 5.74) is 8.84. The van der Waals surface area contributed by atoms with Crippen LogP contribution >= 0.6 is 0 Å². The smallest absolute Gasteiger partial charge is 0.139 e. The number of methoxy groups -OCH3 is 1. The van der Waals surface area contributed by atoms with Crippen LogP contribution in [0.15, 0.2) is 72.9 Å². The molecule has 0 aliphatic carbocycles. The molecule has 0 bridgehead atoms. The number of hydrogen-bond acceptors (Lipinski definition) is 4. The zero-order valence-electron chi connectivity index (χ0n) is 16.2. The second kappa shape index (κ2) is 7.93. The summed E-state index contributed by atoms with van der Waals surface area (Å²) in [5.74, 6) is 1.18. The molecule has 3 aromatic carbocycles. The van der Waals surface area contributed by atoms with E-state index in [0.29, 0.717) is 5.75 Å². The van der Waals surface area contributed by atoms with Gasteiger partial charge in [-0.2, -0.15) is 5.10 Å². The number of ether oxygens (including phenoxy) is 2. The monoisotopic (exact) mass is 391 g/mol. The van der Waals surface area contributed by atoms with Gasteiger partial charge in [-0.3, -0.25) is 0 Å². The third-order valence-electron chi connectivity index (χ3n) is 4.77. The number of rotatable bonds is 6. The molecule has 0 radical (unpaired) electrons. The van der Waals surface area contributed by atoms with Crippen LogP contribution in [0.25, 0.3) is 16.6 Å². The Morgan fingerprint density at radius 1 is 1.00 bits per heavy atom. The lowest BCUT2D eigenvalue weighted by molar-refractivity contribution is 0.180. The predicted octanol–water partition coefficient (Wildman–Crippen LogP) is 4.64. The fourth-order valence-electron chi connectivity index (χ4n) is 3.32. The molecule has 2 atom stereocenters. The molecule has 0 saturated heterocycles. The van der Waals surface area contributed by atoms with Crippen molar-refractivity contribution in [3.63, 3.8) is 0 Å². The molecule has 0 spiro atoms. The number of fused-ring (bicyclic) bond motifs is 1. The Balaban J connectivity index is 1.64. The van der Waals surface area contributed by atoms with E-state index in [1.165, 1.54) is 12.1 Å². The molecule has 4 aromatic rings. The Hall–Kier alpha value is -3.38. The molecule has 1 unspecified atom stereocenters. The summed E-state index contributed by atoms with van der Waals surface area (Å²) in [7, 11) is 1.63. The zero-order chi connectivity index (χ0) is 20.4. The number of nitrogens with zero attached hydrogens (tertiary/aromatic N) is 2. The van der Waals surface area contributed by atoms with Gasteiger partial charge in [0.1, 0.15) is 23.4 Å². The largest absolute Gasteiger partial charge is 0.497 e. The minimum Gasteiger partial charge on any atom is -0.497 e. The molecule has 6 heteroatoms. The van der Waals surface area contributed by atoms with Crippen molar-refractivity contribution in [2.45, 2.75) is 19.1 Å². The quantitative estimate of drug-likeness (QED) is 0.520. The van der Waals surface area contributed by atoms with Gasteiger partial charge in [-0.15, -0.1) is 0 Å². The van der Waals surface area contributed by atoms with E-state index in [0.717, 1.165) is 27.9 Å². The van der Waals surface area contributed by atoms with Gasteiger partial charge in [0.2, 0.25) is 0 Å². The van der Waals surface area contributed by atoms with Crippen molar-refractivity contribution in [1.29, 1.82) is 0 Å². The van der Waals surface area contributed by atoms with Crippen LogP contribution in [-0.2, 0) is 0 Å². The predicted molar refractivity (Wildman–Crippen MR) is 111 cm³/mol. The first-order valence-electron chi connectivity index (χ1n) is 9.35. The van der Waals surface area contributed by atoms with Crippen LogP contribution in [0.4, 0.5) is 4.39 Å². The summed E-state index contributed by atoms with van der Waals surface area (Å²) in [6.07, 6.45) is 1.44.